The van der Waals surface area contributed by atoms with Crippen LogP contribution in [0.15, 0.2) is 53.2 Å². The van der Waals surface area contributed by atoms with E-state index < -0.39 is 5.97 Å². The molecule has 1 aromatic carbocycles. The van der Waals surface area contributed by atoms with Crippen LogP contribution < -0.4 is 4.74 Å². The highest BCUT2D eigenvalue weighted by atomic mass is 16.5. The molecule has 0 amide bonds. The van der Waals surface area contributed by atoms with Crippen LogP contribution in [0.3, 0.4) is 0 Å². The molecule has 4 heteroatoms. The normalized spacial score (nSPS) is 18.4. The molecule has 1 aromatic rings. The first-order valence-electron chi connectivity index (χ1n) is 11.0. The van der Waals surface area contributed by atoms with Crippen LogP contribution in [-0.2, 0) is 4.79 Å². The average Bonchev–Trinajstić information content (AvgIpc) is 2.67. The summed E-state index contributed by atoms with van der Waals surface area (Å²) in [5.41, 5.74) is 4.43. The highest BCUT2D eigenvalue weighted by Crippen LogP contribution is 2.38. The summed E-state index contributed by atoms with van der Waals surface area (Å²) in [5.74, 6) is 0.272. The van der Waals surface area contributed by atoms with E-state index in [4.69, 9.17) is 4.74 Å². The highest BCUT2D eigenvalue weighted by molar-refractivity contribution is 5.86. The second-order valence-corrected chi connectivity index (χ2v) is 8.91. The van der Waals surface area contributed by atoms with Crippen molar-refractivity contribution >= 4 is 12.0 Å². The first-order chi connectivity index (χ1) is 14.6. The van der Waals surface area contributed by atoms with E-state index >= 15 is 0 Å². The van der Waals surface area contributed by atoms with Crippen molar-refractivity contribution in [3.8, 4) is 11.5 Å². The van der Waals surface area contributed by atoms with Gasteiger partial charge in [-0.3, -0.25) is 0 Å². The minimum absolute atomic E-state index is 0.253. The fourth-order valence-corrected chi connectivity index (χ4v) is 3.71. The molecule has 1 aliphatic heterocycles. The number of fused-ring (bicyclic) bond motifs is 1. The van der Waals surface area contributed by atoms with Crippen LogP contribution in [0.2, 0.25) is 0 Å². The smallest absolute Gasteiger partial charge is 0.331 e. The molecule has 0 aliphatic carbocycles. The lowest BCUT2D eigenvalue weighted by molar-refractivity contribution is -0.132. The number of aryl methyl sites for hydroxylation is 1. The van der Waals surface area contributed by atoms with E-state index in [0.717, 1.165) is 49.0 Å². The van der Waals surface area contributed by atoms with Gasteiger partial charge in [-0.1, -0.05) is 35.5 Å². The number of aliphatic carboxylic acids is 1. The molecular formula is C27H36O4. The maximum absolute atomic E-state index is 11.4. The summed E-state index contributed by atoms with van der Waals surface area (Å²) in [4.78, 5) is 11.4. The topological polar surface area (TPSA) is 66.8 Å². The van der Waals surface area contributed by atoms with Crippen molar-refractivity contribution in [2.75, 3.05) is 0 Å². The molecule has 1 aliphatic rings. The lowest BCUT2D eigenvalue weighted by atomic mass is 9.93. The number of hydrogen-bond acceptors (Lipinski definition) is 3. The minimum atomic E-state index is -0.818. The number of ether oxygens (including phenoxy) is 1. The van der Waals surface area contributed by atoms with E-state index in [1.807, 2.05) is 32.9 Å². The Hall–Kier alpha value is -2.75. The summed E-state index contributed by atoms with van der Waals surface area (Å²) in [6.07, 6.45) is 14.9. The summed E-state index contributed by atoms with van der Waals surface area (Å²) >= 11 is 0. The largest absolute Gasteiger partial charge is 0.508 e. The number of hydrogen-bond donors (Lipinski definition) is 2. The third-order valence-corrected chi connectivity index (χ3v) is 5.54. The lowest BCUT2D eigenvalue weighted by Crippen LogP contribution is -2.32. The van der Waals surface area contributed by atoms with Gasteiger partial charge >= 0.3 is 5.97 Å². The number of carbonyl (C=O) groups is 1. The Bertz CT molecular complexity index is 913. The predicted molar refractivity (Wildman–Crippen MR) is 128 cm³/mol. The second-order valence-electron chi connectivity index (χ2n) is 8.91. The summed E-state index contributed by atoms with van der Waals surface area (Å²) in [7, 11) is 0. The molecule has 1 heterocycles. The van der Waals surface area contributed by atoms with Crippen molar-refractivity contribution in [1.82, 2.24) is 0 Å². The molecule has 31 heavy (non-hydrogen) atoms. The van der Waals surface area contributed by atoms with Gasteiger partial charge in [0.05, 0.1) is 0 Å². The first-order valence-corrected chi connectivity index (χ1v) is 11.0. The van der Waals surface area contributed by atoms with Crippen molar-refractivity contribution in [2.24, 2.45) is 0 Å². The van der Waals surface area contributed by atoms with Crippen LogP contribution in [0, 0.1) is 6.92 Å². The molecule has 0 bridgehead atoms. The second kappa shape index (κ2) is 11.0. The van der Waals surface area contributed by atoms with E-state index in [-0.39, 0.29) is 11.4 Å². The van der Waals surface area contributed by atoms with Gasteiger partial charge in [0.25, 0.3) is 0 Å². The van der Waals surface area contributed by atoms with E-state index in [2.05, 4.69) is 32.1 Å². The SMILES string of the molecule is CC(C)=CCC/C(=C/CC/C(C)=C/CCC1(C)C=Cc2cc(O)cc(C)c2O1)C(=O)O. The van der Waals surface area contributed by atoms with E-state index in [9.17, 15) is 15.0 Å². The quantitative estimate of drug-likeness (QED) is 0.310. The number of phenolic OH excluding ortho intramolecular Hbond substituents is 1. The van der Waals surface area contributed by atoms with Gasteiger partial charge in [0.1, 0.15) is 17.1 Å². The van der Waals surface area contributed by atoms with Gasteiger partial charge in [-0.15, -0.1) is 0 Å². The maximum Gasteiger partial charge on any atom is 0.331 e. The van der Waals surface area contributed by atoms with Gasteiger partial charge in [0, 0.05) is 11.1 Å². The number of phenols is 1. The van der Waals surface area contributed by atoms with Gasteiger partial charge in [0.15, 0.2) is 0 Å². The molecule has 168 valence electrons. The van der Waals surface area contributed by atoms with Crippen LogP contribution in [0.25, 0.3) is 6.08 Å². The Morgan fingerprint density at radius 3 is 2.45 bits per heavy atom. The predicted octanol–water partition coefficient (Wildman–Crippen LogP) is 7.13. The first kappa shape index (κ1) is 24.5. The van der Waals surface area contributed by atoms with Crippen LogP contribution in [0.5, 0.6) is 11.5 Å². The van der Waals surface area contributed by atoms with E-state index in [1.54, 1.807) is 12.1 Å². The van der Waals surface area contributed by atoms with E-state index in [1.165, 1.54) is 11.1 Å². The van der Waals surface area contributed by atoms with Crippen molar-refractivity contribution in [2.45, 2.75) is 78.7 Å². The molecule has 1 atom stereocenters. The van der Waals surface area contributed by atoms with Crippen molar-refractivity contribution < 1.29 is 19.7 Å². The van der Waals surface area contributed by atoms with Gasteiger partial charge in [-0.25, -0.2) is 4.79 Å². The number of benzene rings is 1. The molecule has 2 N–H and O–H groups in total. The summed E-state index contributed by atoms with van der Waals surface area (Å²) in [5, 5.41) is 19.1. The molecule has 2 rings (SSSR count). The van der Waals surface area contributed by atoms with Crippen LogP contribution in [0.4, 0.5) is 0 Å². The molecule has 1 unspecified atom stereocenters. The zero-order valence-corrected chi connectivity index (χ0v) is 19.5. The summed E-state index contributed by atoms with van der Waals surface area (Å²) < 4.78 is 6.27. The molecule has 0 saturated heterocycles. The van der Waals surface area contributed by atoms with Crippen molar-refractivity contribution in [3.05, 3.63) is 64.3 Å². The zero-order chi connectivity index (χ0) is 23.0. The zero-order valence-electron chi connectivity index (χ0n) is 19.5. The van der Waals surface area contributed by atoms with Crippen LogP contribution in [-0.4, -0.2) is 21.8 Å². The van der Waals surface area contributed by atoms with E-state index in [0.29, 0.717) is 12.0 Å². The number of rotatable bonds is 10. The molecule has 0 fully saturated rings. The summed E-state index contributed by atoms with van der Waals surface area (Å²) in [6, 6.07) is 3.45. The molecule has 4 nitrogen and oxygen atoms in total. The van der Waals surface area contributed by atoms with Crippen molar-refractivity contribution in [1.29, 1.82) is 0 Å². The standard InChI is InChI=1S/C27H36O4/c1-19(2)9-6-12-22(26(29)30)13-7-10-20(3)11-8-15-27(5)16-14-23-18-24(28)17-21(4)25(23)31-27/h9,11,13-14,16-18,28H,6-8,10,12,15H2,1-5H3,(H,29,30)/b20-11+,22-13-. The monoisotopic (exact) mass is 424 g/mol. The van der Waals surface area contributed by atoms with Gasteiger partial charge < -0.3 is 14.9 Å². The highest BCUT2D eigenvalue weighted by Gasteiger charge is 2.27. The third kappa shape index (κ3) is 7.78. The Balaban J connectivity index is 1.87. The Morgan fingerprint density at radius 2 is 1.77 bits per heavy atom. The summed E-state index contributed by atoms with van der Waals surface area (Å²) in [6.45, 7) is 10.2. The fraction of sp³-hybridized carbons (Fsp3) is 0.444. The Morgan fingerprint density at radius 1 is 1.06 bits per heavy atom. The third-order valence-electron chi connectivity index (χ3n) is 5.54. The molecule has 0 saturated carbocycles. The molecule has 0 spiro atoms. The Kier molecular flexibility index (Phi) is 8.73. The Labute approximate surface area is 186 Å². The number of aromatic hydroxyl groups is 1. The average molecular weight is 425 g/mol. The van der Waals surface area contributed by atoms with Crippen LogP contribution in [0.1, 0.15) is 77.3 Å². The molecule has 0 aromatic heterocycles. The van der Waals surface area contributed by atoms with Crippen molar-refractivity contribution in [3.63, 3.8) is 0 Å². The molecule has 0 radical (unpaired) electrons. The van der Waals surface area contributed by atoms with Gasteiger partial charge in [-0.2, -0.15) is 0 Å². The fourth-order valence-electron chi connectivity index (χ4n) is 3.71. The number of carboxylic acid groups (broad SMARTS) is 1. The number of allylic oxidation sites excluding steroid dienone is 5. The maximum atomic E-state index is 11.4. The molecular weight excluding hydrogens is 388 g/mol. The lowest BCUT2D eigenvalue weighted by Gasteiger charge is -2.32. The van der Waals surface area contributed by atoms with Gasteiger partial charge in [0.2, 0.25) is 0 Å². The van der Waals surface area contributed by atoms with Gasteiger partial charge in [-0.05, 0) is 96.9 Å². The van der Waals surface area contributed by atoms with Crippen LogP contribution >= 0.6 is 0 Å². The number of carboxylic acids is 1. The minimum Gasteiger partial charge on any atom is -0.508 e.